The van der Waals surface area contributed by atoms with Gasteiger partial charge in [0.2, 0.25) is 0 Å². The standard InChI is InChI=1S/C15H18BrNO3/c1-17-13-8-19-7-12(13)14(18)6-10-5-11(16)4-9-2-3-20-15(9)10/h4-5,12-13,17H,2-3,6-8H2,1H3. The van der Waals surface area contributed by atoms with Gasteiger partial charge in [0.05, 0.1) is 25.7 Å². The maximum absolute atomic E-state index is 12.5. The quantitative estimate of drug-likeness (QED) is 0.907. The van der Waals surface area contributed by atoms with E-state index in [1.54, 1.807) is 0 Å². The van der Waals surface area contributed by atoms with Crippen LogP contribution in [0.1, 0.15) is 11.1 Å². The second-order valence-electron chi connectivity index (χ2n) is 5.33. The average Bonchev–Trinajstić information content (AvgIpc) is 3.06. The fourth-order valence-corrected chi connectivity index (χ4v) is 3.50. The topological polar surface area (TPSA) is 47.6 Å². The summed E-state index contributed by atoms with van der Waals surface area (Å²) < 4.78 is 12.1. The van der Waals surface area contributed by atoms with Crippen molar-refractivity contribution in [3.63, 3.8) is 0 Å². The van der Waals surface area contributed by atoms with Gasteiger partial charge in [0.25, 0.3) is 0 Å². The molecule has 2 atom stereocenters. The third kappa shape index (κ3) is 2.62. The van der Waals surface area contributed by atoms with Crippen LogP contribution in [0.5, 0.6) is 5.75 Å². The van der Waals surface area contributed by atoms with E-state index in [0.717, 1.165) is 22.2 Å². The number of hydrogen-bond acceptors (Lipinski definition) is 4. The van der Waals surface area contributed by atoms with Crippen LogP contribution < -0.4 is 10.1 Å². The summed E-state index contributed by atoms with van der Waals surface area (Å²) in [5, 5.41) is 3.16. The van der Waals surface area contributed by atoms with Crippen molar-refractivity contribution < 1.29 is 14.3 Å². The van der Waals surface area contributed by atoms with Crippen LogP contribution >= 0.6 is 15.9 Å². The number of carbonyl (C=O) groups excluding carboxylic acids is 1. The number of fused-ring (bicyclic) bond motifs is 1. The molecule has 0 aliphatic carbocycles. The highest BCUT2D eigenvalue weighted by molar-refractivity contribution is 9.10. The Kier molecular flexibility index (Phi) is 4.10. The van der Waals surface area contributed by atoms with Gasteiger partial charge in [-0.2, -0.15) is 0 Å². The molecule has 3 rings (SSSR count). The summed E-state index contributed by atoms with van der Waals surface area (Å²) in [7, 11) is 1.87. The summed E-state index contributed by atoms with van der Waals surface area (Å²) in [5.41, 5.74) is 2.17. The van der Waals surface area contributed by atoms with Gasteiger partial charge in [-0.3, -0.25) is 4.79 Å². The largest absolute Gasteiger partial charge is 0.493 e. The number of likely N-dealkylation sites (N-methyl/N-ethyl adjacent to an activating group) is 1. The number of ketones is 1. The number of halogens is 1. The first-order valence-electron chi connectivity index (χ1n) is 6.91. The highest BCUT2D eigenvalue weighted by atomic mass is 79.9. The molecule has 4 nitrogen and oxygen atoms in total. The summed E-state index contributed by atoms with van der Waals surface area (Å²) in [6.07, 6.45) is 1.33. The van der Waals surface area contributed by atoms with Crippen LogP contribution in [0.3, 0.4) is 0 Å². The molecule has 0 spiro atoms. The van der Waals surface area contributed by atoms with E-state index in [2.05, 4.69) is 27.3 Å². The smallest absolute Gasteiger partial charge is 0.144 e. The van der Waals surface area contributed by atoms with Gasteiger partial charge >= 0.3 is 0 Å². The first-order chi connectivity index (χ1) is 9.69. The lowest BCUT2D eigenvalue weighted by Gasteiger charge is -2.16. The number of hydrogen-bond donors (Lipinski definition) is 1. The summed E-state index contributed by atoms with van der Waals surface area (Å²) in [5.74, 6) is 1.06. The minimum absolute atomic E-state index is 0.0592. The number of ether oxygens (including phenoxy) is 2. The van der Waals surface area contributed by atoms with Crippen molar-refractivity contribution in [2.45, 2.75) is 18.9 Å². The number of carbonyl (C=O) groups is 1. The van der Waals surface area contributed by atoms with Gasteiger partial charge in [-0.1, -0.05) is 15.9 Å². The number of rotatable bonds is 4. The number of Topliss-reactive ketones (excluding diaryl/α,β-unsaturated/α-hetero) is 1. The van der Waals surface area contributed by atoms with Crippen LogP contribution in [0, 0.1) is 5.92 Å². The van der Waals surface area contributed by atoms with Crippen LogP contribution in [0.15, 0.2) is 16.6 Å². The van der Waals surface area contributed by atoms with Crippen molar-refractivity contribution in [3.05, 3.63) is 27.7 Å². The lowest BCUT2D eigenvalue weighted by Crippen LogP contribution is -2.37. The normalized spacial score (nSPS) is 24.5. The highest BCUT2D eigenvalue weighted by Gasteiger charge is 2.33. The molecule has 20 heavy (non-hydrogen) atoms. The molecule has 1 aromatic carbocycles. The van der Waals surface area contributed by atoms with Crippen molar-refractivity contribution >= 4 is 21.7 Å². The Labute approximate surface area is 127 Å². The van der Waals surface area contributed by atoms with Crippen molar-refractivity contribution in [1.29, 1.82) is 0 Å². The van der Waals surface area contributed by atoms with Crippen molar-refractivity contribution in [3.8, 4) is 5.75 Å². The fourth-order valence-electron chi connectivity index (χ4n) is 2.95. The van der Waals surface area contributed by atoms with Gasteiger partial charge in [-0.25, -0.2) is 0 Å². The van der Waals surface area contributed by atoms with Crippen molar-refractivity contribution in [1.82, 2.24) is 5.32 Å². The fraction of sp³-hybridized carbons (Fsp3) is 0.533. The van der Waals surface area contributed by atoms with E-state index in [0.29, 0.717) is 26.2 Å². The summed E-state index contributed by atoms with van der Waals surface area (Å²) in [6.45, 7) is 1.83. The third-order valence-corrected chi connectivity index (χ3v) is 4.51. The van der Waals surface area contributed by atoms with Gasteiger partial charge in [0.15, 0.2) is 0 Å². The van der Waals surface area contributed by atoms with E-state index in [9.17, 15) is 4.79 Å². The van der Waals surface area contributed by atoms with Crippen molar-refractivity contribution in [2.75, 3.05) is 26.9 Å². The Hall–Kier alpha value is -0.910. The lowest BCUT2D eigenvalue weighted by atomic mass is 9.93. The number of benzene rings is 1. The molecule has 0 saturated carbocycles. The zero-order chi connectivity index (χ0) is 14.1. The molecule has 0 bridgehead atoms. The first kappa shape index (κ1) is 14.0. The van der Waals surface area contributed by atoms with E-state index in [4.69, 9.17) is 9.47 Å². The van der Waals surface area contributed by atoms with E-state index in [1.165, 1.54) is 5.56 Å². The van der Waals surface area contributed by atoms with E-state index in [1.807, 2.05) is 13.1 Å². The second kappa shape index (κ2) is 5.84. The Morgan fingerprint density at radius 1 is 1.45 bits per heavy atom. The molecule has 2 unspecified atom stereocenters. The molecule has 0 aromatic heterocycles. The summed E-state index contributed by atoms with van der Waals surface area (Å²) in [4.78, 5) is 12.5. The molecule has 1 aromatic rings. The molecule has 108 valence electrons. The molecule has 0 radical (unpaired) electrons. The van der Waals surface area contributed by atoms with Gasteiger partial charge < -0.3 is 14.8 Å². The lowest BCUT2D eigenvalue weighted by molar-refractivity contribution is -0.122. The predicted molar refractivity (Wildman–Crippen MR) is 79.2 cm³/mol. The maximum Gasteiger partial charge on any atom is 0.144 e. The summed E-state index contributed by atoms with van der Waals surface area (Å²) in [6, 6.07) is 4.20. The predicted octanol–water partition coefficient (Wildman–Crippen LogP) is 1.73. The van der Waals surface area contributed by atoms with Crippen LogP contribution in [-0.4, -0.2) is 38.7 Å². The minimum Gasteiger partial charge on any atom is -0.493 e. The Morgan fingerprint density at radius 2 is 2.30 bits per heavy atom. The van der Waals surface area contributed by atoms with Crippen LogP contribution in [0.4, 0.5) is 0 Å². The van der Waals surface area contributed by atoms with E-state index >= 15 is 0 Å². The Bertz CT molecular complexity index is 532. The second-order valence-corrected chi connectivity index (χ2v) is 6.25. The van der Waals surface area contributed by atoms with Crippen LogP contribution in [-0.2, 0) is 22.4 Å². The molecule has 1 fully saturated rings. The average molecular weight is 340 g/mol. The molecule has 0 amide bonds. The molecule has 2 heterocycles. The van der Waals surface area contributed by atoms with E-state index < -0.39 is 0 Å². The SMILES string of the molecule is CNC1COCC1C(=O)Cc1cc(Br)cc2c1OCC2. The molecule has 2 aliphatic heterocycles. The van der Waals surface area contributed by atoms with Gasteiger partial charge in [-0.05, 0) is 24.7 Å². The highest BCUT2D eigenvalue weighted by Crippen LogP contribution is 2.34. The van der Waals surface area contributed by atoms with Crippen LogP contribution in [0.25, 0.3) is 0 Å². The molecule has 2 aliphatic rings. The molecule has 5 heteroatoms. The zero-order valence-corrected chi connectivity index (χ0v) is 13.0. The van der Waals surface area contributed by atoms with Gasteiger partial charge in [-0.15, -0.1) is 0 Å². The van der Waals surface area contributed by atoms with Gasteiger partial charge in [0, 0.05) is 28.9 Å². The Morgan fingerprint density at radius 3 is 3.10 bits per heavy atom. The Balaban J connectivity index is 1.80. The molecule has 1 saturated heterocycles. The monoisotopic (exact) mass is 339 g/mol. The maximum atomic E-state index is 12.5. The first-order valence-corrected chi connectivity index (χ1v) is 7.70. The minimum atomic E-state index is -0.0592. The molecular weight excluding hydrogens is 322 g/mol. The third-order valence-electron chi connectivity index (χ3n) is 4.05. The summed E-state index contributed by atoms with van der Waals surface area (Å²) >= 11 is 3.51. The molecule has 1 N–H and O–H groups in total. The molecular formula is C15H18BrNO3. The zero-order valence-electron chi connectivity index (χ0n) is 11.4. The van der Waals surface area contributed by atoms with Crippen molar-refractivity contribution in [2.24, 2.45) is 5.92 Å². The number of nitrogens with one attached hydrogen (secondary N) is 1. The van der Waals surface area contributed by atoms with Crippen LogP contribution in [0.2, 0.25) is 0 Å². The van der Waals surface area contributed by atoms with Gasteiger partial charge in [0.1, 0.15) is 11.5 Å². The van der Waals surface area contributed by atoms with E-state index in [-0.39, 0.29) is 17.7 Å².